The number of benzene rings is 1. The van der Waals surface area contributed by atoms with Crippen molar-refractivity contribution in [3.63, 3.8) is 0 Å². The van der Waals surface area contributed by atoms with Gasteiger partial charge in [-0.2, -0.15) is 0 Å². The molecule has 3 heteroatoms. The number of hydrogen-bond donors (Lipinski definition) is 1. The summed E-state index contributed by atoms with van der Waals surface area (Å²) in [6, 6.07) is 5.44. The van der Waals surface area contributed by atoms with Crippen LogP contribution in [0.4, 0.5) is 0 Å². The average Bonchev–Trinajstić information content (AvgIpc) is 2.30. The lowest BCUT2D eigenvalue weighted by atomic mass is 9.91. The molecule has 0 saturated carbocycles. The number of hydrogen-bond acceptors (Lipinski definition) is 2. The van der Waals surface area contributed by atoms with Gasteiger partial charge in [-0.05, 0) is 48.4 Å². The predicted molar refractivity (Wildman–Crippen MR) is 76.4 cm³/mol. The Morgan fingerprint density at radius 2 is 1.95 bits per heavy atom. The molecule has 1 N–H and O–H groups in total. The third-order valence-electron chi connectivity index (χ3n) is 3.93. The summed E-state index contributed by atoms with van der Waals surface area (Å²) in [7, 11) is 0. The van der Waals surface area contributed by atoms with Crippen molar-refractivity contribution >= 4 is 5.97 Å². The number of piperidine rings is 1. The van der Waals surface area contributed by atoms with E-state index >= 15 is 0 Å². The largest absolute Gasteiger partial charge is 0.478 e. The van der Waals surface area contributed by atoms with Crippen LogP contribution < -0.4 is 0 Å². The molecule has 1 aliphatic rings. The van der Waals surface area contributed by atoms with Crippen molar-refractivity contribution in [2.45, 2.75) is 33.7 Å². The first-order valence-corrected chi connectivity index (χ1v) is 7.01. The predicted octanol–water partition coefficient (Wildman–Crippen LogP) is 3.17. The van der Waals surface area contributed by atoms with Gasteiger partial charge in [0.25, 0.3) is 0 Å². The summed E-state index contributed by atoms with van der Waals surface area (Å²) in [6.07, 6.45) is 1.31. The molecule has 1 aromatic rings. The molecule has 1 fully saturated rings. The van der Waals surface area contributed by atoms with Crippen LogP contribution in [0.2, 0.25) is 0 Å². The van der Waals surface area contributed by atoms with Crippen molar-refractivity contribution < 1.29 is 9.90 Å². The first-order chi connectivity index (χ1) is 8.95. The molecule has 1 saturated heterocycles. The Morgan fingerprint density at radius 3 is 2.47 bits per heavy atom. The molecule has 19 heavy (non-hydrogen) atoms. The normalized spacial score (nSPS) is 24.4. The minimum Gasteiger partial charge on any atom is -0.478 e. The van der Waals surface area contributed by atoms with Crippen molar-refractivity contribution in [1.29, 1.82) is 0 Å². The van der Waals surface area contributed by atoms with E-state index < -0.39 is 5.97 Å². The molecule has 0 aliphatic carbocycles. The van der Waals surface area contributed by atoms with Gasteiger partial charge in [0.2, 0.25) is 0 Å². The minimum atomic E-state index is -0.852. The molecule has 0 spiro atoms. The molecule has 1 heterocycles. The Bertz CT molecular complexity index is 460. The van der Waals surface area contributed by atoms with E-state index in [9.17, 15) is 4.79 Å². The van der Waals surface area contributed by atoms with Crippen LogP contribution in [0.1, 0.15) is 41.8 Å². The van der Waals surface area contributed by atoms with Gasteiger partial charge in [-0.1, -0.05) is 19.9 Å². The highest BCUT2D eigenvalue weighted by atomic mass is 16.4. The van der Waals surface area contributed by atoms with Gasteiger partial charge in [0.15, 0.2) is 0 Å². The van der Waals surface area contributed by atoms with E-state index in [0.717, 1.165) is 37.0 Å². The van der Waals surface area contributed by atoms with E-state index in [0.29, 0.717) is 5.56 Å². The molecule has 104 valence electrons. The maximum absolute atomic E-state index is 10.9. The molecule has 1 aliphatic heterocycles. The molecule has 2 atom stereocenters. The third-order valence-corrected chi connectivity index (χ3v) is 3.93. The maximum atomic E-state index is 10.9. The number of carboxylic acid groups (broad SMARTS) is 1. The summed E-state index contributed by atoms with van der Waals surface area (Å²) in [5.74, 6) is 0.652. The van der Waals surface area contributed by atoms with Gasteiger partial charge in [-0.25, -0.2) is 4.79 Å². The van der Waals surface area contributed by atoms with Gasteiger partial charge < -0.3 is 5.11 Å². The van der Waals surface area contributed by atoms with Gasteiger partial charge in [0, 0.05) is 19.6 Å². The number of carboxylic acids is 1. The van der Waals surface area contributed by atoms with Gasteiger partial charge in [0.1, 0.15) is 0 Å². The second-order valence-electron chi connectivity index (χ2n) is 6.09. The van der Waals surface area contributed by atoms with Crippen LogP contribution in [-0.4, -0.2) is 29.1 Å². The fourth-order valence-electron chi connectivity index (χ4n) is 3.17. The fraction of sp³-hybridized carbons (Fsp3) is 0.562. The third kappa shape index (κ3) is 3.57. The summed E-state index contributed by atoms with van der Waals surface area (Å²) >= 11 is 0. The van der Waals surface area contributed by atoms with Crippen LogP contribution in [0, 0.1) is 18.8 Å². The Kier molecular flexibility index (Phi) is 4.25. The van der Waals surface area contributed by atoms with Crippen LogP contribution in [0.3, 0.4) is 0 Å². The standard InChI is InChI=1S/C16H23NO2/c1-11-6-12(2)9-17(8-11)10-15-5-4-14(16(18)19)7-13(15)3/h4-5,7,11-12H,6,8-10H2,1-3H3,(H,18,19). The second kappa shape index (κ2) is 5.74. The summed E-state index contributed by atoms with van der Waals surface area (Å²) < 4.78 is 0. The highest BCUT2D eigenvalue weighted by Gasteiger charge is 2.22. The number of rotatable bonds is 3. The number of aromatic carboxylic acids is 1. The number of nitrogens with zero attached hydrogens (tertiary/aromatic N) is 1. The molecule has 2 unspecified atom stereocenters. The van der Waals surface area contributed by atoms with Crippen molar-refractivity contribution in [2.75, 3.05) is 13.1 Å². The summed E-state index contributed by atoms with van der Waals surface area (Å²) in [5.41, 5.74) is 2.69. The molecule has 2 rings (SSSR count). The fourth-order valence-corrected chi connectivity index (χ4v) is 3.17. The topological polar surface area (TPSA) is 40.5 Å². The van der Waals surface area contributed by atoms with Gasteiger partial charge in [0.05, 0.1) is 5.56 Å². The zero-order chi connectivity index (χ0) is 14.0. The van der Waals surface area contributed by atoms with Crippen LogP contribution in [0.15, 0.2) is 18.2 Å². The molecule has 3 nitrogen and oxygen atoms in total. The molecular formula is C16H23NO2. The van der Waals surface area contributed by atoms with Crippen LogP contribution in [0.5, 0.6) is 0 Å². The highest BCUT2D eigenvalue weighted by Crippen LogP contribution is 2.23. The van der Waals surface area contributed by atoms with Gasteiger partial charge in [-0.3, -0.25) is 4.90 Å². The van der Waals surface area contributed by atoms with Crippen molar-refractivity contribution in [3.05, 3.63) is 34.9 Å². The molecular weight excluding hydrogens is 238 g/mol. The summed E-state index contributed by atoms with van der Waals surface area (Å²) in [6.45, 7) is 9.83. The van der Waals surface area contributed by atoms with E-state index in [2.05, 4.69) is 18.7 Å². The van der Waals surface area contributed by atoms with E-state index in [4.69, 9.17) is 5.11 Å². The molecule has 1 aromatic carbocycles. The lowest BCUT2D eigenvalue weighted by Gasteiger charge is -2.35. The summed E-state index contributed by atoms with van der Waals surface area (Å²) in [5, 5.41) is 8.98. The summed E-state index contributed by atoms with van der Waals surface area (Å²) in [4.78, 5) is 13.4. The number of carbonyl (C=O) groups is 1. The van der Waals surface area contributed by atoms with E-state index in [-0.39, 0.29) is 0 Å². The Labute approximate surface area is 115 Å². The number of aryl methyl sites for hydroxylation is 1. The SMILES string of the molecule is Cc1cc(C(=O)O)ccc1CN1CC(C)CC(C)C1. The quantitative estimate of drug-likeness (QED) is 0.908. The zero-order valence-corrected chi connectivity index (χ0v) is 12.0. The first kappa shape index (κ1) is 14.1. The maximum Gasteiger partial charge on any atom is 0.335 e. The Morgan fingerprint density at radius 1 is 1.32 bits per heavy atom. The van der Waals surface area contributed by atoms with Crippen LogP contribution in [-0.2, 0) is 6.54 Å². The Hall–Kier alpha value is -1.35. The van der Waals surface area contributed by atoms with Gasteiger partial charge >= 0.3 is 5.97 Å². The highest BCUT2D eigenvalue weighted by molar-refractivity contribution is 5.87. The van der Waals surface area contributed by atoms with E-state index in [1.165, 1.54) is 12.0 Å². The lowest BCUT2D eigenvalue weighted by molar-refractivity contribution is 0.0696. The Balaban J connectivity index is 2.08. The molecule has 0 amide bonds. The average molecular weight is 261 g/mol. The van der Waals surface area contributed by atoms with Crippen molar-refractivity contribution in [2.24, 2.45) is 11.8 Å². The van der Waals surface area contributed by atoms with E-state index in [1.807, 2.05) is 13.0 Å². The smallest absolute Gasteiger partial charge is 0.335 e. The van der Waals surface area contributed by atoms with Crippen molar-refractivity contribution in [1.82, 2.24) is 4.90 Å². The molecule has 0 aromatic heterocycles. The first-order valence-electron chi connectivity index (χ1n) is 7.01. The van der Waals surface area contributed by atoms with Gasteiger partial charge in [-0.15, -0.1) is 0 Å². The van der Waals surface area contributed by atoms with E-state index in [1.54, 1.807) is 12.1 Å². The lowest BCUT2D eigenvalue weighted by Crippen LogP contribution is -2.38. The zero-order valence-electron chi connectivity index (χ0n) is 12.0. The van der Waals surface area contributed by atoms with Crippen LogP contribution in [0.25, 0.3) is 0 Å². The van der Waals surface area contributed by atoms with Crippen molar-refractivity contribution in [3.8, 4) is 0 Å². The number of likely N-dealkylation sites (tertiary alicyclic amines) is 1. The molecule has 0 bridgehead atoms. The monoisotopic (exact) mass is 261 g/mol. The minimum absolute atomic E-state index is 0.377. The second-order valence-corrected chi connectivity index (χ2v) is 6.09. The molecule has 0 radical (unpaired) electrons. The van der Waals surface area contributed by atoms with Crippen LogP contribution >= 0.6 is 0 Å².